The molecule has 0 fully saturated rings. The van der Waals surface area contributed by atoms with E-state index in [4.69, 9.17) is 50.1 Å². The highest BCUT2D eigenvalue weighted by Crippen LogP contribution is 2.31. The van der Waals surface area contributed by atoms with Crippen molar-refractivity contribution in [3.8, 4) is 0 Å². The summed E-state index contributed by atoms with van der Waals surface area (Å²) in [5, 5.41) is 16.3. The highest BCUT2D eigenvalue weighted by molar-refractivity contribution is 6.68. The van der Waals surface area contributed by atoms with Crippen LogP contribution in [0.25, 0.3) is 0 Å². The monoisotopic (exact) mass is 233 g/mol. The van der Waals surface area contributed by atoms with E-state index < -0.39 is 9.90 Å². The summed E-state index contributed by atoms with van der Waals surface area (Å²) in [6, 6.07) is 0. The van der Waals surface area contributed by atoms with Crippen molar-refractivity contribution in [3.05, 3.63) is 0 Å². The van der Waals surface area contributed by atoms with Crippen LogP contribution >= 0.6 is 34.8 Å². The summed E-state index contributed by atoms with van der Waals surface area (Å²) in [4.78, 5) is 0. The first-order valence-corrected chi connectivity index (χ1v) is 4.46. The van der Waals surface area contributed by atoms with E-state index in [0.29, 0.717) is 6.61 Å². The fraction of sp³-hybridized carbons (Fsp3) is 0.833. The van der Waals surface area contributed by atoms with Gasteiger partial charge >= 0.3 is 0 Å². The Morgan fingerprint density at radius 3 is 2.42 bits per heavy atom. The third kappa shape index (κ3) is 5.04. The van der Waals surface area contributed by atoms with Crippen LogP contribution in [0, 0.1) is 5.41 Å². The van der Waals surface area contributed by atoms with Crippen LogP contribution in [0.5, 0.6) is 0 Å². The van der Waals surface area contributed by atoms with Crippen LogP contribution in [-0.2, 0) is 4.74 Å². The van der Waals surface area contributed by atoms with E-state index in [1.165, 1.54) is 0 Å². The van der Waals surface area contributed by atoms with Crippen molar-refractivity contribution in [3.63, 3.8) is 0 Å². The summed E-state index contributed by atoms with van der Waals surface area (Å²) in [6.07, 6.45) is -1.30. The van der Waals surface area contributed by atoms with Crippen molar-refractivity contribution >= 4 is 40.7 Å². The number of alkyl halides is 3. The fourth-order valence-electron chi connectivity index (χ4n) is 0.524. The minimum atomic E-state index is -1.76. The second-order valence-corrected chi connectivity index (χ2v) is 4.49. The van der Waals surface area contributed by atoms with Crippen LogP contribution in [0.15, 0.2) is 0 Å². The maximum Gasteiger partial charge on any atom is 0.216 e. The third-order valence-corrected chi connectivity index (χ3v) is 1.83. The second-order valence-electron chi connectivity index (χ2n) is 2.12. The first kappa shape index (κ1) is 12.3. The standard InChI is InChI=1S/C6H10Cl3NO2/c1-2-12-5(10)3-4(11)6(7,8)9/h4,10-11H,2-3H2,1H3/t4-/m1/s1. The minimum absolute atomic E-state index is 0.0867. The molecule has 0 heterocycles. The number of aliphatic hydroxyl groups is 1. The number of hydrogen-bond donors (Lipinski definition) is 2. The summed E-state index contributed by atoms with van der Waals surface area (Å²) in [7, 11) is 0. The van der Waals surface area contributed by atoms with Crippen LogP contribution in [0.1, 0.15) is 13.3 Å². The van der Waals surface area contributed by atoms with Crippen LogP contribution in [0.3, 0.4) is 0 Å². The Morgan fingerprint density at radius 1 is 1.58 bits per heavy atom. The maximum atomic E-state index is 9.17. The van der Waals surface area contributed by atoms with E-state index in [9.17, 15) is 0 Å². The zero-order valence-corrected chi connectivity index (χ0v) is 8.75. The van der Waals surface area contributed by atoms with Crippen LogP contribution in [-0.4, -0.2) is 27.5 Å². The normalized spacial score (nSPS) is 14.1. The number of nitrogens with one attached hydrogen (secondary N) is 1. The minimum Gasteiger partial charge on any atom is -0.481 e. The van der Waals surface area contributed by atoms with Crippen molar-refractivity contribution in [2.24, 2.45) is 0 Å². The number of halogens is 3. The van der Waals surface area contributed by atoms with E-state index in [-0.39, 0.29) is 12.3 Å². The zero-order valence-electron chi connectivity index (χ0n) is 6.48. The van der Waals surface area contributed by atoms with Gasteiger partial charge in [0.15, 0.2) is 5.90 Å². The summed E-state index contributed by atoms with van der Waals surface area (Å²) < 4.78 is 2.99. The fourth-order valence-corrected chi connectivity index (χ4v) is 0.756. The Kier molecular flexibility index (Phi) is 5.25. The van der Waals surface area contributed by atoms with Gasteiger partial charge < -0.3 is 9.84 Å². The molecule has 0 saturated carbocycles. The van der Waals surface area contributed by atoms with E-state index in [1.807, 2.05) is 0 Å². The molecule has 2 N–H and O–H groups in total. The van der Waals surface area contributed by atoms with Crippen molar-refractivity contribution < 1.29 is 9.84 Å². The highest BCUT2D eigenvalue weighted by Gasteiger charge is 2.31. The molecule has 0 aromatic rings. The largest absolute Gasteiger partial charge is 0.481 e. The Bertz CT molecular complexity index is 157. The van der Waals surface area contributed by atoms with Crippen molar-refractivity contribution in [1.82, 2.24) is 0 Å². The predicted octanol–water partition coefficient (Wildman–Crippen LogP) is 2.12. The third-order valence-electron chi connectivity index (χ3n) is 1.08. The van der Waals surface area contributed by atoms with Gasteiger partial charge in [0, 0.05) is 0 Å². The second kappa shape index (κ2) is 5.12. The van der Waals surface area contributed by atoms with Gasteiger partial charge in [-0.25, -0.2) is 0 Å². The van der Waals surface area contributed by atoms with Gasteiger partial charge in [0.25, 0.3) is 0 Å². The Morgan fingerprint density at radius 2 is 2.08 bits per heavy atom. The van der Waals surface area contributed by atoms with Gasteiger partial charge in [0.1, 0.15) is 6.10 Å². The number of aliphatic hydroxyl groups excluding tert-OH is 1. The molecule has 0 aromatic heterocycles. The SMILES string of the molecule is CCOC(=N)C[C@@H](O)C(Cl)(Cl)Cl. The van der Waals surface area contributed by atoms with Gasteiger partial charge in [-0.3, -0.25) is 5.41 Å². The molecule has 0 amide bonds. The van der Waals surface area contributed by atoms with Gasteiger partial charge in [-0.15, -0.1) is 0 Å². The molecule has 0 aliphatic rings. The molecule has 12 heavy (non-hydrogen) atoms. The highest BCUT2D eigenvalue weighted by atomic mass is 35.6. The van der Waals surface area contributed by atoms with E-state index in [0.717, 1.165) is 0 Å². The lowest BCUT2D eigenvalue weighted by atomic mass is 10.3. The summed E-state index contributed by atoms with van der Waals surface area (Å²) in [5.74, 6) is -0.0867. The molecule has 0 aliphatic heterocycles. The molecule has 6 heteroatoms. The number of hydrogen-bond acceptors (Lipinski definition) is 3. The molecule has 0 spiro atoms. The van der Waals surface area contributed by atoms with E-state index in [2.05, 4.69) is 0 Å². The molecule has 0 aromatic carbocycles. The lowest BCUT2D eigenvalue weighted by molar-refractivity contribution is 0.174. The quantitative estimate of drug-likeness (QED) is 0.446. The Hall–Kier alpha value is 0.300. The van der Waals surface area contributed by atoms with E-state index >= 15 is 0 Å². The van der Waals surface area contributed by atoms with Crippen molar-refractivity contribution in [1.29, 1.82) is 5.41 Å². The van der Waals surface area contributed by atoms with Crippen molar-refractivity contribution in [2.75, 3.05) is 6.61 Å². The van der Waals surface area contributed by atoms with Gasteiger partial charge in [-0.2, -0.15) is 0 Å². The Labute approximate surface area is 86.1 Å². The van der Waals surface area contributed by atoms with Crippen LogP contribution in [0.4, 0.5) is 0 Å². The molecule has 0 radical (unpaired) electrons. The van der Waals surface area contributed by atoms with Crippen LogP contribution < -0.4 is 0 Å². The average Bonchev–Trinajstić information content (AvgIpc) is 1.85. The van der Waals surface area contributed by atoms with E-state index in [1.54, 1.807) is 6.92 Å². The zero-order chi connectivity index (χ0) is 9.78. The van der Waals surface area contributed by atoms with Gasteiger partial charge in [0.2, 0.25) is 3.79 Å². The first-order chi connectivity index (χ1) is 5.38. The smallest absolute Gasteiger partial charge is 0.216 e. The topological polar surface area (TPSA) is 53.3 Å². The molecule has 1 atom stereocenters. The molecule has 72 valence electrons. The van der Waals surface area contributed by atoms with Gasteiger partial charge in [-0.05, 0) is 6.92 Å². The molecular weight excluding hydrogens is 224 g/mol. The first-order valence-electron chi connectivity index (χ1n) is 3.33. The molecule has 0 unspecified atom stereocenters. The maximum absolute atomic E-state index is 9.17. The van der Waals surface area contributed by atoms with Gasteiger partial charge in [-0.1, -0.05) is 34.8 Å². The van der Waals surface area contributed by atoms with Crippen molar-refractivity contribution in [2.45, 2.75) is 23.2 Å². The van der Waals surface area contributed by atoms with Gasteiger partial charge in [0.05, 0.1) is 13.0 Å². The molecule has 3 nitrogen and oxygen atoms in total. The van der Waals surface area contributed by atoms with Crippen LogP contribution in [0.2, 0.25) is 0 Å². The Balaban J connectivity index is 3.84. The summed E-state index contributed by atoms with van der Waals surface area (Å²) >= 11 is 16.1. The molecule has 0 bridgehead atoms. The lowest BCUT2D eigenvalue weighted by Crippen LogP contribution is -2.28. The molecular formula is C6H10Cl3NO2. The summed E-state index contributed by atoms with van der Waals surface area (Å²) in [6.45, 7) is 2.10. The predicted molar refractivity (Wildman–Crippen MR) is 50.3 cm³/mol. The summed E-state index contributed by atoms with van der Waals surface area (Å²) in [5.41, 5.74) is 0. The number of rotatable bonds is 3. The molecule has 0 saturated heterocycles. The average molecular weight is 235 g/mol. The molecule has 0 aliphatic carbocycles. The molecule has 0 rings (SSSR count). The number of ether oxygens (including phenoxy) is 1. The lowest BCUT2D eigenvalue weighted by Gasteiger charge is -2.18.